The molecule has 58 heavy (non-hydrogen) atoms. The van der Waals surface area contributed by atoms with E-state index in [2.05, 4.69) is 95.9 Å². The molecule has 0 atom stereocenters. The van der Waals surface area contributed by atoms with Crippen LogP contribution in [0.1, 0.15) is 83.8 Å². The number of isothiocyanates is 1. The maximum Gasteiger partial charge on any atom is 0.209 e. The number of unbranched alkanes of at least 4 members (excludes halogenated alkanes) is 2. The molecule has 0 N–H and O–H groups in total. The summed E-state index contributed by atoms with van der Waals surface area (Å²) in [5.74, 6) is -0.747. The molecule has 3 aromatic rings. The normalized spacial score (nSPS) is 19.0. The first-order valence-corrected chi connectivity index (χ1v) is 24.0. The Kier molecular flexibility index (Phi) is 13.6. The van der Waals surface area contributed by atoms with E-state index in [9.17, 15) is 25.9 Å². The number of anilines is 1. The van der Waals surface area contributed by atoms with Gasteiger partial charge < -0.3 is 14.0 Å². The van der Waals surface area contributed by atoms with E-state index in [1.807, 2.05) is 48.5 Å². The van der Waals surface area contributed by atoms with Gasteiger partial charge >= 0.3 is 0 Å². The van der Waals surface area contributed by atoms with E-state index in [1.165, 1.54) is 27.2 Å². The Morgan fingerprint density at radius 1 is 0.810 bits per heavy atom. The number of fused-ring (bicyclic) bond motifs is 2. The summed E-state index contributed by atoms with van der Waals surface area (Å²) in [5.41, 5.74) is 9.34. The summed E-state index contributed by atoms with van der Waals surface area (Å²) in [6, 6.07) is 24.6. The van der Waals surface area contributed by atoms with E-state index >= 15 is 0 Å². The molecule has 9 nitrogen and oxygen atoms in total. The molecule has 13 heteroatoms. The molecule has 3 aromatic carbocycles. The van der Waals surface area contributed by atoms with Crippen LogP contribution in [-0.4, -0.2) is 66.0 Å². The van der Waals surface area contributed by atoms with E-state index in [0.717, 1.165) is 52.6 Å². The van der Waals surface area contributed by atoms with Crippen molar-refractivity contribution in [2.45, 2.75) is 88.4 Å². The second-order valence-electron chi connectivity index (χ2n) is 16.0. The van der Waals surface area contributed by atoms with Gasteiger partial charge in [-0.15, -0.1) is 0 Å². The van der Waals surface area contributed by atoms with E-state index in [1.54, 1.807) is 11.8 Å². The molecule has 3 aliphatic rings. The van der Waals surface area contributed by atoms with Gasteiger partial charge in [0.15, 0.2) is 5.71 Å². The van der Waals surface area contributed by atoms with Crippen molar-refractivity contribution >= 4 is 72.2 Å². The van der Waals surface area contributed by atoms with Crippen LogP contribution in [-0.2, 0) is 31.1 Å². The number of benzene rings is 3. The number of nitrogens with zero attached hydrogens (tertiary/aromatic N) is 3. The predicted molar refractivity (Wildman–Crippen MR) is 237 cm³/mol. The lowest BCUT2D eigenvalue weighted by atomic mass is 9.81. The van der Waals surface area contributed by atoms with Crippen molar-refractivity contribution in [2.75, 3.05) is 29.5 Å². The van der Waals surface area contributed by atoms with Crippen LogP contribution >= 0.6 is 24.0 Å². The minimum Gasteiger partial charge on any atom is -0.748 e. The third kappa shape index (κ3) is 10.3. The molecule has 0 saturated carbocycles. The lowest BCUT2D eigenvalue weighted by molar-refractivity contribution is -0.438. The largest absolute Gasteiger partial charge is 0.748 e. The molecule has 0 fully saturated rings. The fourth-order valence-electron chi connectivity index (χ4n) is 8.33. The zero-order chi connectivity index (χ0) is 41.7. The summed E-state index contributed by atoms with van der Waals surface area (Å²) in [7, 11) is -8.56. The molecule has 0 unspecified atom stereocenters. The zero-order valence-electron chi connectivity index (χ0n) is 33.4. The molecule has 0 bridgehead atoms. The minimum atomic E-state index is -4.28. The highest BCUT2D eigenvalue weighted by molar-refractivity contribution is 8.03. The standard InChI is InChI=1S/C45H51N3O6S4/c1-44(2)37-16-5-7-18-39(37)47(28-9-11-30-57(49,50)51)41(44)26-20-33-14-13-15-34(43(33)56-36-24-22-35(23-25-36)46-32-55)21-27-42-45(3,4)38-17-6-8-19-40(38)48(42)29-10-12-31-58(52,53)54/h5-8,16-27H,9-15,28-31H2,1-4H3,(H-,49,50,51,52,53,54)/p-1. The maximum atomic E-state index is 11.4. The first kappa shape index (κ1) is 43.6. The number of thioether (sulfide) groups is 1. The minimum absolute atomic E-state index is 0.299. The van der Waals surface area contributed by atoms with Crippen LogP contribution in [0, 0.1) is 0 Å². The van der Waals surface area contributed by atoms with Crippen LogP contribution in [0.4, 0.5) is 17.1 Å². The third-order valence-corrected chi connectivity index (χ3v) is 14.1. The van der Waals surface area contributed by atoms with E-state index < -0.39 is 20.2 Å². The Morgan fingerprint density at radius 3 is 2.16 bits per heavy atom. The van der Waals surface area contributed by atoms with Gasteiger partial charge in [0.25, 0.3) is 0 Å². The number of aliphatic imine (C=N–C) groups is 1. The van der Waals surface area contributed by atoms with E-state index in [4.69, 9.17) is 12.2 Å². The second kappa shape index (κ2) is 18.1. The van der Waals surface area contributed by atoms with E-state index in [-0.39, 0.29) is 22.3 Å². The highest BCUT2D eigenvalue weighted by Crippen LogP contribution is 2.49. The molecular formula is C45H50N3O6S4-. The van der Waals surface area contributed by atoms with Gasteiger partial charge in [-0.3, -0.25) is 0 Å². The van der Waals surface area contributed by atoms with Gasteiger partial charge in [-0.05, 0) is 118 Å². The highest BCUT2D eigenvalue weighted by Gasteiger charge is 2.44. The Labute approximate surface area is 353 Å². The zero-order valence-corrected chi connectivity index (χ0v) is 36.7. The van der Waals surface area contributed by atoms with Crippen molar-refractivity contribution in [2.24, 2.45) is 4.99 Å². The summed E-state index contributed by atoms with van der Waals surface area (Å²) in [6.07, 6.45) is 13.4. The first-order chi connectivity index (χ1) is 27.5. The summed E-state index contributed by atoms with van der Waals surface area (Å²) in [4.78, 5) is 8.64. The third-order valence-electron chi connectivity index (χ3n) is 11.2. The van der Waals surface area contributed by atoms with Gasteiger partial charge in [-0.2, -0.15) is 9.57 Å². The van der Waals surface area contributed by atoms with E-state index in [0.29, 0.717) is 38.8 Å². The van der Waals surface area contributed by atoms with Crippen molar-refractivity contribution < 1.29 is 30.5 Å². The molecule has 1 aliphatic carbocycles. The van der Waals surface area contributed by atoms with Crippen molar-refractivity contribution in [3.8, 4) is 0 Å². The van der Waals surface area contributed by atoms with Crippen LogP contribution in [0.5, 0.6) is 0 Å². The first-order valence-electron chi connectivity index (χ1n) is 19.7. The molecule has 0 amide bonds. The molecule has 306 valence electrons. The number of thiocarbonyl (C=S) groups is 1. The Hall–Kier alpha value is -3.94. The van der Waals surface area contributed by atoms with Crippen molar-refractivity contribution in [1.82, 2.24) is 0 Å². The van der Waals surface area contributed by atoms with Gasteiger partial charge in [-0.1, -0.05) is 74.2 Å². The average Bonchev–Trinajstić information content (AvgIpc) is 3.52. The van der Waals surface area contributed by atoms with Gasteiger partial charge in [0.1, 0.15) is 6.54 Å². The lowest BCUT2D eigenvalue weighted by Crippen LogP contribution is -2.28. The predicted octanol–water partition coefficient (Wildman–Crippen LogP) is 9.84. The van der Waals surface area contributed by atoms with Gasteiger partial charge in [0.2, 0.25) is 5.69 Å². The summed E-state index contributed by atoms with van der Waals surface area (Å²) in [6.45, 7) is 10.0. The van der Waals surface area contributed by atoms with Crippen LogP contribution in [0.3, 0.4) is 0 Å². The quantitative estimate of drug-likeness (QED) is 0.0454. The smallest absolute Gasteiger partial charge is 0.209 e. The van der Waals surface area contributed by atoms with Crippen molar-refractivity contribution in [3.05, 3.63) is 130 Å². The molecule has 0 spiro atoms. The molecule has 0 aromatic heterocycles. The fraction of sp³-hybridized carbons (Fsp3) is 0.378. The van der Waals surface area contributed by atoms with Crippen LogP contribution in [0.2, 0.25) is 0 Å². The molecular weight excluding hydrogens is 807 g/mol. The highest BCUT2D eigenvalue weighted by atomic mass is 32.2. The van der Waals surface area contributed by atoms with Crippen molar-refractivity contribution in [1.29, 1.82) is 0 Å². The molecule has 0 saturated heterocycles. The molecule has 0 radical (unpaired) electrons. The summed E-state index contributed by atoms with van der Waals surface area (Å²) < 4.78 is 70.5. The van der Waals surface area contributed by atoms with Gasteiger partial charge in [0, 0.05) is 68.8 Å². The summed E-state index contributed by atoms with van der Waals surface area (Å²) >= 11 is 6.55. The Balaban J connectivity index is 1.41. The summed E-state index contributed by atoms with van der Waals surface area (Å²) in [5, 5.41) is 2.44. The lowest BCUT2D eigenvalue weighted by Gasteiger charge is -2.27. The SMILES string of the molecule is CC1(C)C(=CC=C2CCCC(C=CC3=[N+](CCCCS(=O)(=O)[O-])c4ccccc4C3(C)C)=C2Sc2ccc(N=C=S)cc2)N(CCCCS(=O)(=O)[O-])c2ccccc21. The van der Waals surface area contributed by atoms with Crippen LogP contribution in [0.15, 0.2) is 129 Å². The topological polar surface area (TPSA) is 133 Å². The Bertz CT molecular complexity index is 2470. The monoisotopic (exact) mass is 856 g/mol. The number of hydrogen-bond acceptors (Lipinski definition) is 10. The maximum absolute atomic E-state index is 11.4. The average molecular weight is 857 g/mol. The number of allylic oxidation sites excluding steroid dienone is 7. The van der Waals surface area contributed by atoms with Crippen LogP contribution in [0.25, 0.3) is 0 Å². The molecule has 2 heterocycles. The van der Waals surface area contributed by atoms with Gasteiger partial charge in [0.05, 0.1) is 36.5 Å². The second-order valence-corrected chi connectivity index (χ2v) is 20.3. The Morgan fingerprint density at radius 2 is 1.47 bits per heavy atom. The van der Waals surface area contributed by atoms with Crippen molar-refractivity contribution in [3.63, 3.8) is 0 Å². The van der Waals surface area contributed by atoms with Gasteiger partial charge in [-0.25, -0.2) is 16.8 Å². The number of para-hydroxylation sites is 2. The molecule has 6 rings (SSSR count). The fourth-order valence-corrected chi connectivity index (χ4v) is 10.7. The molecule has 2 aliphatic heterocycles. The van der Waals surface area contributed by atoms with Crippen LogP contribution < -0.4 is 4.90 Å². The number of rotatable bonds is 16. The number of hydrogen-bond donors (Lipinski definition) is 0.